The van der Waals surface area contributed by atoms with E-state index in [1.54, 1.807) is 24.8 Å². The molecule has 0 atom stereocenters. The molecule has 0 amide bonds. The highest BCUT2D eigenvalue weighted by molar-refractivity contribution is 5.70. The summed E-state index contributed by atoms with van der Waals surface area (Å²) in [5.41, 5.74) is 9.97. The van der Waals surface area contributed by atoms with Crippen LogP contribution < -0.4 is 18.9 Å². The summed E-state index contributed by atoms with van der Waals surface area (Å²) in [6.45, 7) is 24.5. The van der Waals surface area contributed by atoms with Crippen molar-refractivity contribution in [1.29, 1.82) is 0 Å². The second-order valence-electron chi connectivity index (χ2n) is 26.6. The fraction of sp³-hybridized carbons (Fsp3) is 0.438. The van der Waals surface area contributed by atoms with E-state index in [0.29, 0.717) is 34.4 Å². The molecule has 4 N–H and O–H groups in total. The monoisotopic (exact) mass is 1200 g/mol. The lowest BCUT2D eigenvalue weighted by atomic mass is 9.79. The summed E-state index contributed by atoms with van der Waals surface area (Å²) in [5, 5.41) is 72.2. The first-order valence-electron chi connectivity index (χ1n) is 28.9. The Hall–Kier alpha value is -9.48. The number of nitrogens with zero attached hydrogens (tertiary/aromatic N) is 12. The molecule has 0 fully saturated rings. The Morgan fingerprint density at radius 1 is 0.364 bits per heavy atom. The van der Waals surface area contributed by atoms with Crippen molar-refractivity contribution in [2.45, 2.75) is 183 Å². The van der Waals surface area contributed by atoms with E-state index in [0.717, 1.165) is 66.8 Å². The molecule has 0 aliphatic heterocycles. The van der Waals surface area contributed by atoms with Gasteiger partial charge in [-0.15, -0.1) is 20.4 Å². The fourth-order valence-electron chi connectivity index (χ4n) is 10.4. The molecule has 4 heterocycles. The molecule has 1 aliphatic carbocycles. The SMILES string of the molecule is CC(C)(C)c1cc2c(OCc3cn(CC(=O)O)nn3)c(c1)Cc1cc(C(C)(C)C)cc(c1OCn1cc(CC(=O)O)nn1)Cc1cc(C(C)(C)C)cc(c1OCc1cn(CC(=O)O)nn1)Cc1cc(C(C)(C)C)cc(c1OCn1cc(CC(=O)O)nn1)C2. The quantitative estimate of drug-likeness (QED) is 0.0555. The molecule has 4 aromatic carbocycles. The van der Waals surface area contributed by atoms with Crippen LogP contribution in [0.5, 0.6) is 23.0 Å². The van der Waals surface area contributed by atoms with Crippen molar-refractivity contribution in [3.63, 3.8) is 0 Å². The first kappa shape index (κ1) is 63.0. The maximum Gasteiger partial charge on any atom is 0.325 e. The van der Waals surface area contributed by atoms with Gasteiger partial charge in [0, 0.05) is 25.7 Å². The van der Waals surface area contributed by atoms with Crippen LogP contribution in [0.3, 0.4) is 0 Å². The van der Waals surface area contributed by atoms with Crippen LogP contribution in [0.2, 0.25) is 0 Å². The Morgan fingerprint density at radius 2 is 0.602 bits per heavy atom. The maximum absolute atomic E-state index is 11.8. The highest BCUT2D eigenvalue weighted by atomic mass is 16.5. The van der Waals surface area contributed by atoms with Gasteiger partial charge in [-0.2, -0.15) is 0 Å². The topological polar surface area (TPSA) is 309 Å². The molecular weight excluding hydrogens is 1130 g/mol. The van der Waals surface area contributed by atoms with Crippen molar-refractivity contribution in [3.05, 3.63) is 163 Å². The Bertz CT molecular complexity index is 3320. The highest BCUT2D eigenvalue weighted by Crippen LogP contribution is 2.45. The lowest BCUT2D eigenvalue weighted by Crippen LogP contribution is -2.18. The molecule has 0 spiro atoms. The zero-order valence-corrected chi connectivity index (χ0v) is 51.8. The molecule has 1 aliphatic rings. The van der Waals surface area contributed by atoms with E-state index < -0.39 is 58.6 Å². The Labute approximate surface area is 509 Å². The van der Waals surface area contributed by atoms with Crippen molar-refractivity contribution >= 4 is 23.9 Å². The number of hydrogen-bond acceptors (Lipinski definition) is 16. The third kappa shape index (κ3) is 15.7. The smallest absolute Gasteiger partial charge is 0.325 e. The Balaban J connectivity index is 1.36. The lowest BCUT2D eigenvalue weighted by Gasteiger charge is -2.29. The summed E-state index contributed by atoms with van der Waals surface area (Å²) < 4.78 is 33.6. The van der Waals surface area contributed by atoms with Crippen LogP contribution in [-0.4, -0.2) is 104 Å². The first-order chi connectivity index (χ1) is 41.3. The minimum Gasteiger partial charge on any atom is -0.487 e. The van der Waals surface area contributed by atoms with Gasteiger partial charge in [0.05, 0.1) is 49.0 Å². The predicted octanol–water partition coefficient (Wildman–Crippen LogP) is 8.57. The summed E-state index contributed by atoms with van der Waals surface area (Å²) in [5.74, 6) is -2.14. The molecule has 0 unspecified atom stereocenters. The van der Waals surface area contributed by atoms with Crippen LogP contribution in [0.4, 0.5) is 0 Å². The lowest BCUT2D eigenvalue weighted by molar-refractivity contribution is -0.139. The number of ether oxygens (including phenoxy) is 4. The van der Waals surface area contributed by atoms with Gasteiger partial charge in [0.1, 0.15) is 60.7 Å². The molecule has 464 valence electrons. The van der Waals surface area contributed by atoms with Crippen LogP contribution >= 0.6 is 0 Å². The molecule has 0 saturated heterocycles. The minimum absolute atomic E-state index is 0.0822. The zero-order chi connectivity index (χ0) is 63.6. The van der Waals surface area contributed by atoms with Gasteiger partial charge >= 0.3 is 23.9 Å². The third-order valence-corrected chi connectivity index (χ3v) is 15.0. The van der Waals surface area contributed by atoms with Crippen molar-refractivity contribution < 1.29 is 58.6 Å². The van der Waals surface area contributed by atoms with Crippen LogP contribution in [0, 0.1) is 0 Å². The van der Waals surface area contributed by atoms with Gasteiger partial charge in [-0.25, -0.2) is 18.7 Å². The second kappa shape index (κ2) is 25.1. The number of rotatable bonds is 20. The molecule has 9 rings (SSSR count). The summed E-state index contributed by atoms with van der Waals surface area (Å²) >= 11 is 0. The number of carboxylic acids is 4. The van der Waals surface area contributed by atoms with Gasteiger partial charge < -0.3 is 39.4 Å². The minimum atomic E-state index is -1.08. The van der Waals surface area contributed by atoms with E-state index in [9.17, 15) is 39.6 Å². The first-order valence-corrected chi connectivity index (χ1v) is 28.9. The van der Waals surface area contributed by atoms with E-state index in [1.807, 2.05) is 0 Å². The average molecular weight is 1210 g/mol. The summed E-state index contributed by atoms with van der Waals surface area (Å²) in [7, 11) is 0. The maximum atomic E-state index is 11.8. The highest BCUT2D eigenvalue weighted by Gasteiger charge is 2.31. The number of benzene rings is 4. The van der Waals surface area contributed by atoms with Crippen molar-refractivity contribution in [2.24, 2.45) is 0 Å². The molecule has 24 nitrogen and oxygen atoms in total. The number of aliphatic carboxylic acids is 4. The van der Waals surface area contributed by atoms with Crippen LogP contribution in [0.25, 0.3) is 0 Å². The van der Waals surface area contributed by atoms with Gasteiger partial charge in [0.25, 0.3) is 0 Å². The summed E-state index contributed by atoms with van der Waals surface area (Å²) in [6, 6.07) is 17.2. The van der Waals surface area contributed by atoms with E-state index in [-0.39, 0.29) is 76.6 Å². The molecule has 0 saturated carbocycles. The molecule has 8 aromatic rings. The number of aromatic nitrogens is 12. The van der Waals surface area contributed by atoms with E-state index in [4.69, 9.17) is 18.9 Å². The molecule has 0 radical (unpaired) electrons. The van der Waals surface area contributed by atoms with E-state index in [2.05, 4.69) is 173 Å². The Morgan fingerprint density at radius 3 is 0.852 bits per heavy atom. The largest absolute Gasteiger partial charge is 0.487 e. The third-order valence-electron chi connectivity index (χ3n) is 15.0. The van der Waals surface area contributed by atoms with E-state index >= 15 is 0 Å². The number of fused-ring (bicyclic) bond motifs is 8. The van der Waals surface area contributed by atoms with Gasteiger partial charge in [-0.3, -0.25) is 19.2 Å². The Kier molecular flexibility index (Phi) is 18.0. The van der Waals surface area contributed by atoms with Crippen molar-refractivity contribution in [2.75, 3.05) is 0 Å². The van der Waals surface area contributed by atoms with Gasteiger partial charge in [0.15, 0.2) is 13.5 Å². The normalized spacial score (nSPS) is 12.9. The molecular formula is C64H76N12O12. The number of hydrogen-bond donors (Lipinski definition) is 4. The molecule has 88 heavy (non-hydrogen) atoms. The second-order valence-corrected chi connectivity index (χ2v) is 26.6. The summed E-state index contributed by atoms with van der Waals surface area (Å²) in [4.78, 5) is 47.2. The molecule has 8 bridgehead atoms. The van der Waals surface area contributed by atoms with Gasteiger partial charge in [0.2, 0.25) is 0 Å². The number of carbonyl (C=O) groups is 4. The molecule has 24 heteroatoms. The van der Waals surface area contributed by atoms with E-state index in [1.165, 1.54) is 18.7 Å². The average Bonchev–Trinajstić information content (AvgIpc) is 1.05. The van der Waals surface area contributed by atoms with Crippen LogP contribution in [0.15, 0.2) is 73.3 Å². The van der Waals surface area contributed by atoms with Crippen molar-refractivity contribution in [3.8, 4) is 23.0 Å². The van der Waals surface area contributed by atoms with Gasteiger partial charge in [-0.05, 0) is 88.4 Å². The standard InChI is InChI=1S/C64H76N12O12/c1-61(2,3)45-17-37-13-41-21-47(63(7,8)9)23-43(59(41)87-35-75-27-49(65-71-75)25-53(77)78)15-39-19-46(62(4,5)6)20-40(58(39)86-34-52-30-74(70-68-52)32-56(83)84)16-44-24-48(64(10,11)12)22-42(60(44)88-36-76-28-50(66-72-76)26-54(79)80)14-38(18-45)57(37)85-33-51-29-73(69-67-51)31-55(81)82/h17-24,27-30H,13-16,25-26,31-36H2,1-12H3,(H,77,78)(H,79,80)(H,81,82)(H,83,84). The van der Waals surface area contributed by atoms with Crippen molar-refractivity contribution in [1.82, 2.24) is 60.0 Å². The van der Waals surface area contributed by atoms with Crippen LogP contribution in [0.1, 0.15) is 173 Å². The summed E-state index contributed by atoms with van der Waals surface area (Å²) in [6.07, 6.45) is 6.50. The predicted molar refractivity (Wildman–Crippen MR) is 320 cm³/mol. The zero-order valence-electron chi connectivity index (χ0n) is 51.8. The van der Waals surface area contributed by atoms with Gasteiger partial charge in [-0.1, -0.05) is 152 Å². The fourth-order valence-corrected chi connectivity index (χ4v) is 10.4. The number of carboxylic acid groups (broad SMARTS) is 4. The molecule has 4 aromatic heterocycles. The van der Waals surface area contributed by atoms with Crippen LogP contribution in [-0.2, 0) is 119 Å².